The fourth-order valence-corrected chi connectivity index (χ4v) is 3.36. The van der Waals surface area contributed by atoms with Gasteiger partial charge in [-0.3, -0.25) is 0 Å². The van der Waals surface area contributed by atoms with E-state index in [4.69, 9.17) is 0 Å². The Morgan fingerprint density at radius 3 is 2.89 bits per heavy atom. The second-order valence-electron chi connectivity index (χ2n) is 5.32. The van der Waals surface area contributed by atoms with Crippen molar-refractivity contribution in [1.82, 2.24) is 0 Å². The molecule has 100 valence electrons. The van der Waals surface area contributed by atoms with E-state index >= 15 is 0 Å². The minimum atomic E-state index is -0.462. The van der Waals surface area contributed by atoms with Gasteiger partial charge in [0.05, 0.1) is 10.6 Å². The Balaban J connectivity index is 2.10. The minimum absolute atomic E-state index is 0.277. The lowest BCUT2D eigenvalue weighted by Crippen LogP contribution is -2.21. The van der Waals surface area contributed by atoms with Crippen LogP contribution in [-0.4, -0.2) is 5.11 Å². The molecule has 0 radical (unpaired) electrons. The first-order valence-electron chi connectivity index (χ1n) is 6.74. The molecule has 1 N–H and O–H groups in total. The van der Waals surface area contributed by atoms with Gasteiger partial charge in [0.15, 0.2) is 0 Å². The lowest BCUT2D eigenvalue weighted by Gasteiger charge is -2.32. The molecule has 1 aromatic rings. The van der Waals surface area contributed by atoms with E-state index in [9.17, 15) is 9.50 Å². The van der Waals surface area contributed by atoms with Gasteiger partial charge in [0.25, 0.3) is 0 Å². The molecule has 3 atom stereocenters. The van der Waals surface area contributed by atoms with Crippen LogP contribution >= 0.6 is 15.9 Å². The van der Waals surface area contributed by atoms with Gasteiger partial charge in [-0.15, -0.1) is 0 Å². The summed E-state index contributed by atoms with van der Waals surface area (Å²) in [4.78, 5) is 0. The highest BCUT2D eigenvalue weighted by Crippen LogP contribution is 2.38. The van der Waals surface area contributed by atoms with Crippen molar-refractivity contribution in [2.45, 2.75) is 45.1 Å². The predicted octanol–water partition coefficient (Wildman–Crippen LogP) is 4.84. The second kappa shape index (κ2) is 6.16. The monoisotopic (exact) mass is 314 g/mol. The Hall–Kier alpha value is -0.410. The van der Waals surface area contributed by atoms with Gasteiger partial charge in [-0.05, 0) is 58.3 Å². The van der Waals surface area contributed by atoms with Crippen molar-refractivity contribution in [2.75, 3.05) is 0 Å². The molecule has 1 aromatic carbocycles. The summed E-state index contributed by atoms with van der Waals surface area (Å²) in [6.45, 7) is 2.22. The highest BCUT2D eigenvalue weighted by molar-refractivity contribution is 9.10. The molecule has 1 aliphatic rings. The van der Waals surface area contributed by atoms with Crippen LogP contribution in [0.5, 0.6) is 0 Å². The largest absolute Gasteiger partial charge is 0.388 e. The maximum atomic E-state index is 13.2. The van der Waals surface area contributed by atoms with Gasteiger partial charge in [-0.2, -0.15) is 0 Å². The van der Waals surface area contributed by atoms with E-state index in [1.807, 2.05) is 0 Å². The molecule has 0 bridgehead atoms. The van der Waals surface area contributed by atoms with Gasteiger partial charge in [0.2, 0.25) is 0 Å². The molecule has 0 aliphatic heterocycles. The summed E-state index contributed by atoms with van der Waals surface area (Å²) in [5.41, 5.74) is 0.824. The highest BCUT2D eigenvalue weighted by atomic mass is 79.9. The van der Waals surface area contributed by atoms with E-state index in [1.165, 1.54) is 25.3 Å². The van der Waals surface area contributed by atoms with Crippen LogP contribution in [0.4, 0.5) is 4.39 Å². The number of benzene rings is 1. The molecule has 0 amide bonds. The Labute approximate surface area is 117 Å². The number of halogens is 2. The standard InChI is InChI=1S/C15H20BrFO/c1-2-10-4-3-5-11(8-10)15(18)12-6-7-14(17)13(16)9-12/h6-7,9-11,15,18H,2-5,8H2,1H3. The van der Waals surface area contributed by atoms with Crippen LogP contribution in [0.2, 0.25) is 0 Å². The lowest BCUT2D eigenvalue weighted by molar-refractivity contribution is 0.0677. The minimum Gasteiger partial charge on any atom is -0.388 e. The second-order valence-corrected chi connectivity index (χ2v) is 6.17. The SMILES string of the molecule is CCC1CCCC(C(O)c2ccc(F)c(Br)c2)C1. The summed E-state index contributed by atoms with van der Waals surface area (Å²) in [7, 11) is 0. The van der Waals surface area contributed by atoms with Crippen LogP contribution in [0.3, 0.4) is 0 Å². The zero-order valence-electron chi connectivity index (χ0n) is 10.7. The molecule has 3 unspecified atom stereocenters. The van der Waals surface area contributed by atoms with Crippen molar-refractivity contribution in [3.05, 3.63) is 34.1 Å². The third-order valence-electron chi connectivity index (χ3n) is 4.13. The molecule has 0 spiro atoms. The third-order valence-corrected chi connectivity index (χ3v) is 4.74. The zero-order valence-corrected chi connectivity index (χ0v) is 12.3. The lowest BCUT2D eigenvalue weighted by atomic mass is 9.76. The van der Waals surface area contributed by atoms with Gasteiger partial charge < -0.3 is 5.11 Å². The van der Waals surface area contributed by atoms with Crippen molar-refractivity contribution in [2.24, 2.45) is 11.8 Å². The summed E-state index contributed by atoms with van der Waals surface area (Å²) in [5.74, 6) is 0.782. The predicted molar refractivity (Wildman–Crippen MR) is 74.8 cm³/mol. The van der Waals surface area contributed by atoms with E-state index in [-0.39, 0.29) is 5.82 Å². The zero-order chi connectivity index (χ0) is 13.1. The first-order valence-corrected chi connectivity index (χ1v) is 7.54. The number of aliphatic hydroxyl groups excluding tert-OH is 1. The van der Waals surface area contributed by atoms with Crippen LogP contribution in [0.1, 0.15) is 50.7 Å². The summed E-state index contributed by atoms with van der Waals surface area (Å²) in [6.07, 6.45) is 5.38. The Bertz CT molecular complexity index is 407. The number of aliphatic hydroxyl groups is 1. The summed E-state index contributed by atoms with van der Waals surface area (Å²) >= 11 is 3.18. The van der Waals surface area contributed by atoms with Crippen molar-refractivity contribution in [3.63, 3.8) is 0 Å². The Kier molecular flexibility index (Phi) is 4.79. The van der Waals surface area contributed by atoms with Gasteiger partial charge in [0.1, 0.15) is 5.82 Å². The van der Waals surface area contributed by atoms with Crippen molar-refractivity contribution >= 4 is 15.9 Å². The molecule has 1 aliphatic carbocycles. The number of hydrogen-bond acceptors (Lipinski definition) is 1. The van der Waals surface area contributed by atoms with E-state index in [0.29, 0.717) is 10.4 Å². The Morgan fingerprint density at radius 1 is 1.44 bits per heavy atom. The van der Waals surface area contributed by atoms with E-state index in [0.717, 1.165) is 24.3 Å². The van der Waals surface area contributed by atoms with Crippen molar-refractivity contribution in [1.29, 1.82) is 0 Å². The molecule has 0 saturated heterocycles. The fraction of sp³-hybridized carbons (Fsp3) is 0.600. The smallest absolute Gasteiger partial charge is 0.137 e. The average Bonchev–Trinajstić information content (AvgIpc) is 2.41. The van der Waals surface area contributed by atoms with Gasteiger partial charge in [-0.25, -0.2) is 4.39 Å². The van der Waals surface area contributed by atoms with Crippen LogP contribution in [0, 0.1) is 17.7 Å². The van der Waals surface area contributed by atoms with Crippen LogP contribution in [0.15, 0.2) is 22.7 Å². The van der Waals surface area contributed by atoms with Crippen LogP contribution in [-0.2, 0) is 0 Å². The molecule has 18 heavy (non-hydrogen) atoms. The summed E-state index contributed by atoms with van der Waals surface area (Å²) in [5, 5.41) is 10.4. The van der Waals surface area contributed by atoms with Gasteiger partial charge in [-0.1, -0.05) is 32.3 Å². The number of hydrogen-bond donors (Lipinski definition) is 1. The Morgan fingerprint density at radius 2 is 2.22 bits per heavy atom. The molecular formula is C15H20BrFO. The van der Waals surface area contributed by atoms with E-state index in [2.05, 4.69) is 22.9 Å². The molecule has 3 heteroatoms. The van der Waals surface area contributed by atoms with Crippen molar-refractivity contribution < 1.29 is 9.50 Å². The summed E-state index contributed by atoms with van der Waals surface area (Å²) < 4.78 is 13.6. The first kappa shape index (κ1) is 14.0. The molecule has 0 aromatic heterocycles. The van der Waals surface area contributed by atoms with E-state index in [1.54, 1.807) is 12.1 Å². The van der Waals surface area contributed by atoms with Crippen LogP contribution < -0.4 is 0 Å². The maximum Gasteiger partial charge on any atom is 0.137 e. The summed E-state index contributed by atoms with van der Waals surface area (Å²) in [6, 6.07) is 4.82. The van der Waals surface area contributed by atoms with Gasteiger partial charge >= 0.3 is 0 Å². The molecule has 1 nitrogen and oxygen atoms in total. The average molecular weight is 315 g/mol. The topological polar surface area (TPSA) is 20.2 Å². The van der Waals surface area contributed by atoms with Crippen LogP contribution in [0.25, 0.3) is 0 Å². The van der Waals surface area contributed by atoms with Crippen molar-refractivity contribution in [3.8, 4) is 0 Å². The molecular weight excluding hydrogens is 295 g/mol. The molecule has 1 fully saturated rings. The fourth-order valence-electron chi connectivity index (χ4n) is 2.96. The normalized spacial score (nSPS) is 26.0. The third kappa shape index (κ3) is 3.12. The maximum absolute atomic E-state index is 13.2. The first-order chi connectivity index (χ1) is 8.61. The number of rotatable bonds is 3. The molecule has 1 saturated carbocycles. The quantitative estimate of drug-likeness (QED) is 0.846. The highest BCUT2D eigenvalue weighted by Gasteiger charge is 2.27. The molecule has 0 heterocycles. The molecule has 2 rings (SSSR count). The van der Waals surface area contributed by atoms with E-state index < -0.39 is 6.10 Å². The van der Waals surface area contributed by atoms with Gasteiger partial charge in [0, 0.05) is 0 Å².